The highest BCUT2D eigenvalue weighted by atomic mass is 19.1. The zero-order valence-electron chi connectivity index (χ0n) is 17.1. The second-order valence-corrected chi connectivity index (χ2v) is 8.00. The number of aliphatic hydroxyl groups is 1. The summed E-state index contributed by atoms with van der Waals surface area (Å²) in [5.41, 5.74) is 2.37. The third kappa shape index (κ3) is 3.80. The summed E-state index contributed by atoms with van der Waals surface area (Å²) < 4.78 is 19.9. The fraction of sp³-hybridized carbons (Fsp3) is 0.348. The SMILES string of the molecule is COc1ccc(-c2cnc(N(C)CCO)c3cc(C(C)(C)C)ccc23)c(F)c1. The van der Waals surface area contributed by atoms with Crippen LogP contribution in [0.25, 0.3) is 21.9 Å². The maximum absolute atomic E-state index is 14.7. The molecule has 0 saturated carbocycles. The van der Waals surface area contributed by atoms with Crippen LogP contribution in [0.3, 0.4) is 0 Å². The van der Waals surface area contributed by atoms with Crippen molar-refractivity contribution in [2.24, 2.45) is 0 Å². The summed E-state index contributed by atoms with van der Waals surface area (Å²) >= 11 is 0. The van der Waals surface area contributed by atoms with E-state index in [1.807, 2.05) is 18.0 Å². The van der Waals surface area contributed by atoms with Gasteiger partial charge in [0.15, 0.2) is 0 Å². The molecule has 0 spiro atoms. The third-order valence-electron chi connectivity index (χ3n) is 5.00. The Balaban J connectivity index is 2.27. The number of fused-ring (bicyclic) bond motifs is 1. The number of rotatable bonds is 5. The molecule has 28 heavy (non-hydrogen) atoms. The van der Waals surface area contributed by atoms with Gasteiger partial charge in [0.05, 0.1) is 13.7 Å². The lowest BCUT2D eigenvalue weighted by molar-refractivity contribution is 0.304. The zero-order chi connectivity index (χ0) is 20.5. The minimum Gasteiger partial charge on any atom is -0.497 e. The predicted octanol–water partition coefficient (Wildman–Crippen LogP) is 4.78. The fourth-order valence-corrected chi connectivity index (χ4v) is 3.31. The molecule has 1 heterocycles. The van der Waals surface area contributed by atoms with E-state index in [9.17, 15) is 9.50 Å². The van der Waals surface area contributed by atoms with E-state index in [0.29, 0.717) is 17.9 Å². The first-order valence-corrected chi connectivity index (χ1v) is 9.35. The van der Waals surface area contributed by atoms with Crippen LogP contribution in [0, 0.1) is 5.82 Å². The molecule has 0 fully saturated rings. The molecule has 148 valence electrons. The normalized spacial score (nSPS) is 11.7. The topological polar surface area (TPSA) is 45.6 Å². The van der Waals surface area contributed by atoms with Crippen molar-refractivity contribution in [3.8, 4) is 16.9 Å². The number of aromatic nitrogens is 1. The van der Waals surface area contributed by atoms with Crippen LogP contribution in [0.5, 0.6) is 5.75 Å². The van der Waals surface area contributed by atoms with Crippen molar-refractivity contribution < 1.29 is 14.2 Å². The molecule has 2 aromatic carbocycles. The molecular weight excluding hydrogens is 355 g/mol. The van der Waals surface area contributed by atoms with Crippen LogP contribution in [0.15, 0.2) is 42.6 Å². The van der Waals surface area contributed by atoms with Crippen molar-refractivity contribution in [1.82, 2.24) is 4.98 Å². The van der Waals surface area contributed by atoms with E-state index in [2.05, 4.69) is 37.9 Å². The minimum atomic E-state index is -0.348. The van der Waals surface area contributed by atoms with E-state index in [1.54, 1.807) is 18.3 Å². The summed E-state index contributed by atoms with van der Waals surface area (Å²) in [5.74, 6) is 0.902. The van der Waals surface area contributed by atoms with Crippen LogP contribution in [-0.4, -0.2) is 37.4 Å². The molecule has 5 heteroatoms. The Kier molecular flexibility index (Phi) is 5.57. The molecular formula is C23H27FN2O2. The quantitative estimate of drug-likeness (QED) is 0.690. The van der Waals surface area contributed by atoms with Gasteiger partial charge in [-0.15, -0.1) is 0 Å². The molecule has 0 saturated heterocycles. The van der Waals surface area contributed by atoms with Gasteiger partial charge < -0.3 is 14.7 Å². The van der Waals surface area contributed by atoms with E-state index in [0.717, 1.165) is 22.2 Å². The first-order chi connectivity index (χ1) is 13.3. The molecule has 3 aromatic rings. The van der Waals surface area contributed by atoms with E-state index >= 15 is 0 Å². The van der Waals surface area contributed by atoms with Crippen LogP contribution in [-0.2, 0) is 5.41 Å². The van der Waals surface area contributed by atoms with Crippen molar-refractivity contribution in [2.45, 2.75) is 26.2 Å². The van der Waals surface area contributed by atoms with Crippen molar-refractivity contribution in [1.29, 1.82) is 0 Å². The first-order valence-electron chi connectivity index (χ1n) is 9.35. The van der Waals surface area contributed by atoms with E-state index in [1.165, 1.54) is 18.7 Å². The molecule has 3 rings (SSSR count). The summed E-state index contributed by atoms with van der Waals surface area (Å²) in [6.45, 7) is 6.98. The number of halogens is 1. The van der Waals surface area contributed by atoms with Crippen LogP contribution in [0.2, 0.25) is 0 Å². The van der Waals surface area contributed by atoms with E-state index < -0.39 is 0 Å². The lowest BCUT2D eigenvalue weighted by Crippen LogP contribution is -2.22. The molecule has 0 aliphatic carbocycles. The van der Waals surface area contributed by atoms with Crippen molar-refractivity contribution in [3.63, 3.8) is 0 Å². The van der Waals surface area contributed by atoms with Gasteiger partial charge in [-0.1, -0.05) is 32.9 Å². The number of nitrogens with zero attached hydrogens (tertiary/aromatic N) is 2. The molecule has 0 amide bonds. The highest BCUT2D eigenvalue weighted by Gasteiger charge is 2.19. The van der Waals surface area contributed by atoms with Crippen LogP contribution >= 0.6 is 0 Å². The number of likely N-dealkylation sites (N-methyl/N-ethyl adjacent to an activating group) is 1. The van der Waals surface area contributed by atoms with Gasteiger partial charge in [-0.3, -0.25) is 0 Å². The minimum absolute atomic E-state index is 0.0254. The van der Waals surface area contributed by atoms with Gasteiger partial charge in [-0.25, -0.2) is 9.37 Å². The Morgan fingerprint density at radius 3 is 2.43 bits per heavy atom. The van der Waals surface area contributed by atoms with Gasteiger partial charge in [0.25, 0.3) is 0 Å². The second kappa shape index (κ2) is 7.76. The van der Waals surface area contributed by atoms with Crippen LogP contribution in [0.4, 0.5) is 10.2 Å². The lowest BCUT2D eigenvalue weighted by Gasteiger charge is -2.24. The highest BCUT2D eigenvalue weighted by molar-refractivity contribution is 6.02. The summed E-state index contributed by atoms with van der Waals surface area (Å²) in [6, 6.07) is 11.1. The van der Waals surface area contributed by atoms with Gasteiger partial charge in [-0.2, -0.15) is 0 Å². The third-order valence-corrected chi connectivity index (χ3v) is 5.00. The van der Waals surface area contributed by atoms with Gasteiger partial charge in [0.1, 0.15) is 17.4 Å². The standard InChI is InChI=1S/C23H27FN2O2/c1-23(2,3)15-6-8-17-19(12-15)22(26(4)10-11-27)25-14-20(17)18-9-7-16(28-5)13-21(18)24/h6-9,12-14,27H,10-11H2,1-5H3. The summed E-state index contributed by atoms with van der Waals surface area (Å²) in [6.07, 6.45) is 1.70. The van der Waals surface area contributed by atoms with Crippen molar-refractivity contribution >= 4 is 16.6 Å². The maximum Gasteiger partial charge on any atom is 0.136 e. The Hall–Kier alpha value is -2.66. The number of ether oxygens (including phenoxy) is 1. The van der Waals surface area contributed by atoms with Crippen molar-refractivity contribution in [3.05, 3.63) is 54.0 Å². The zero-order valence-corrected chi connectivity index (χ0v) is 17.1. The average Bonchev–Trinajstić information content (AvgIpc) is 2.66. The Morgan fingerprint density at radius 2 is 1.82 bits per heavy atom. The summed E-state index contributed by atoms with van der Waals surface area (Å²) in [4.78, 5) is 6.55. The number of pyridine rings is 1. The van der Waals surface area contributed by atoms with Gasteiger partial charge in [-0.05, 0) is 34.6 Å². The second-order valence-electron chi connectivity index (χ2n) is 8.00. The molecule has 4 nitrogen and oxygen atoms in total. The van der Waals surface area contributed by atoms with Gasteiger partial charge in [0.2, 0.25) is 0 Å². The van der Waals surface area contributed by atoms with Gasteiger partial charge in [0, 0.05) is 42.4 Å². The molecule has 0 radical (unpaired) electrons. The van der Waals surface area contributed by atoms with Gasteiger partial charge >= 0.3 is 0 Å². The number of methoxy groups -OCH3 is 1. The number of benzene rings is 2. The van der Waals surface area contributed by atoms with Crippen LogP contribution < -0.4 is 9.64 Å². The molecule has 0 unspecified atom stereocenters. The summed E-state index contributed by atoms with van der Waals surface area (Å²) in [5, 5.41) is 11.2. The number of aliphatic hydroxyl groups excluding tert-OH is 1. The average molecular weight is 382 g/mol. The predicted molar refractivity (Wildman–Crippen MR) is 113 cm³/mol. The molecule has 0 atom stereocenters. The van der Waals surface area contributed by atoms with Crippen LogP contribution in [0.1, 0.15) is 26.3 Å². The summed E-state index contributed by atoms with van der Waals surface area (Å²) in [7, 11) is 3.42. The monoisotopic (exact) mass is 382 g/mol. The molecule has 1 aromatic heterocycles. The van der Waals surface area contributed by atoms with E-state index in [4.69, 9.17) is 4.74 Å². The molecule has 1 N–H and O–H groups in total. The molecule has 0 bridgehead atoms. The maximum atomic E-state index is 14.7. The number of hydrogen-bond donors (Lipinski definition) is 1. The highest BCUT2D eigenvalue weighted by Crippen LogP contribution is 2.37. The Morgan fingerprint density at radius 1 is 1.07 bits per heavy atom. The Bertz CT molecular complexity index is 996. The smallest absolute Gasteiger partial charge is 0.136 e. The fourth-order valence-electron chi connectivity index (χ4n) is 3.31. The van der Waals surface area contributed by atoms with Crippen molar-refractivity contribution in [2.75, 3.05) is 32.2 Å². The molecule has 0 aliphatic rings. The Labute approximate surface area is 165 Å². The van der Waals surface area contributed by atoms with E-state index in [-0.39, 0.29) is 17.8 Å². The number of hydrogen-bond acceptors (Lipinski definition) is 4. The first kappa shape index (κ1) is 20.1. The number of anilines is 1. The lowest BCUT2D eigenvalue weighted by atomic mass is 9.85. The largest absolute Gasteiger partial charge is 0.497 e. The molecule has 0 aliphatic heterocycles.